The number of nitrogens with one attached hydrogen (secondary N) is 1. The quantitative estimate of drug-likeness (QED) is 0.621. The van der Waals surface area contributed by atoms with Gasteiger partial charge in [-0.2, -0.15) is 5.10 Å². The molecular weight excluding hydrogens is 406 g/mol. The van der Waals surface area contributed by atoms with E-state index in [1.54, 1.807) is 0 Å². The van der Waals surface area contributed by atoms with Gasteiger partial charge in [0.2, 0.25) is 11.8 Å². The largest absolute Gasteiger partial charge is 0.488 e. The Balaban J connectivity index is 1.36. The molecule has 1 saturated carbocycles. The van der Waals surface area contributed by atoms with Crippen LogP contribution in [-0.2, 0) is 4.79 Å². The molecule has 1 amide bonds. The Kier molecular flexibility index (Phi) is 5.66. The SMILES string of the molecule is CCC1CC(=O)NN=C1c1ccc2nc(-c3ccc(OC4CCCCC4O)cc3)oc2c1. The van der Waals surface area contributed by atoms with Gasteiger partial charge in [-0.1, -0.05) is 19.4 Å². The van der Waals surface area contributed by atoms with Crippen molar-refractivity contribution >= 4 is 22.7 Å². The predicted molar refractivity (Wildman–Crippen MR) is 121 cm³/mol. The number of nitrogens with zero attached hydrogens (tertiary/aromatic N) is 2. The molecule has 1 aliphatic carbocycles. The Bertz CT molecular complexity index is 1150. The number of hydrazone groups is 1. The van der Waals surface area contributed by atoms with Gasteiger partial charge in [-0.05, 0) is 62.1 Å². The molecule has 1 aliphatic heterocycles. The molecule has 166 valence electrons. The molecule has 3 atom stereocenters. The molecule has 1 aromatic heterocycles. The third-order valence-corrected chi connectivity index (χ3v) is 6.35. The number of carbonyl (C=O) groups excluding carboxylic acids is 1. The van der Waals surface area contributed by atoms with Crippen LogP contribution in [-0.4, -0.2) is 33.9 Å². The number of hydrogen-bond donors (Lipinski definition) is 2. The molecule has 32 heavy (non-hydrogen) atoms. The van der Waals surface area contributed by atoms with Crippen LogP contribution in [0.5, 0.6) is 5.75 Å². The molecule has 2 heterocycles. The molecule has 2 N–H and O–H groups in total. The normalized spacial score (nSPS) is 23.6. The van der Waals surface area contributed by atoms with E-state index in [1.165, 1.54) is 0 Å². The highest BCUT2D eigenvalue weighted by molar-refractivity contribution is 6.07. The fraction of sp³-hybridized carbons (Fsp3) is 0.400. The standard InChI is InChI=1S/C25H27N3O4/c1-2-15-14-23(30)27-28-24(15)17-9-12-19-22(13-17)32-25(26-19)16-7-10-18(11-8-16)31-21-6-4-3-5-20(21)29/h7-13,15,20-21,29H,2-6,14H2,1H3,(H,27,30). The Morgan fingerprint density at radius 1 is 1.12 bits per heavy atom. The maximum absolute atomic E-state index is 11.7. The number of ether oxygens (including phenoxy) is 1. The number of carbonyl (C=O) groups is 1. The number of oxazole rings is 1. The summed E-state index contributed by atoms with van der Waals surface area (Å²) >= 11 is 0. The molecule has 3 aromatic rings. The van der Waals surface area contributed by atoms with Crippen LogP contribution in [0.4, 0.5) is 0 Å². The van der Waals surface area contributed by atoms with Crippen molar-refractivity contribution in [1.29, 1.82) is 0 Å². The van der Waals surface area contributed by atoms with E-state index in [0.717, 1.165) is 60.2 Å². The van der Waals surface area contributed by atoms with Gasteiger partial charge in [-0.15, -0.1) is 0 Å². The Hall–Kier alpha value is -3.19. The molecule has 3 unspecified atom stereocenters. The molecule has 7 heteroatoms. The van der Waals surface area contributed by atoms with E-state index in [9.17, 15) is 9.90 Å². The molecule has 2 aliphatic rings. The maximum atomic E-state index is 11.7. The average molecular weight is 434 g/mol. The van der Waals surface area contributed by atoms with E-state index < -0.39 is 6.10 Å². The van der Waals surface area contributed by atoms with E-state index in [2.05, 4.69) is 22.4 Å². The molecule has 0 saturated heterocycles. The highest BCUT2D eigenvalue weighted by atomic mass is 16.5. The molecule has 7 nitrogen and oxygen atoms in total. The second-order valence-corrected chi connectivity index (χ2v) is 8.58. The molecule has 2 aromatic carbocycles. The van der Waals surface area contributed by atoms with Crippen LogP contribution in [0.3, 0.4) is 0 Å². The number of aliphatic hydroxyl groups excluding tert-OH is 1. The smallest absolute Gasteiger partial charge is 0.240 e. The molecule has 5 rings (SSSR count). The van der Waals surface area contributed by atoms with Crippen LogP contribution in [0.25, 0.3) is 22.6 Å². The first kappa shape index (κ1) is 20.7. The van der Waals surface area contributed by atoms with Crippen molar-refractivity contribution in [3.8, 4) is 17.2 Å². The zero-order valence-corrected chi connectivity index (χ0v) is 18.1. The van der Waals surface area contributed by atoms with Crippen molar-refractivity contribution < 1.29 is 19.1 Å². The lowest BCUT2D eigenvalue weighted by Gasteiger charge is -2.28. The summed E-state index contributed by atoms with van der Waals surface area (Å²) in [5, 5.41) is 14.4. The first-order valence-corrected chi connectivity index (χ1v) is 11.3. The van der Waals surface area contributed by atoms with E-state index in [-0.39, 0.29) is 17.9 Å². The first-order chi connectivity index (χ1) is 15.6. The zero-order valence-electron chi connectivity index (χ0n) is 18.1. The second kappa shape index (κ2) is 8.74. The molecule has 1 fully saturated rings. The van der Waals surface area contributed by atoms with E-state index in [4.69, 9.17) is 9.15 Å². The van der Waals surface area contributed by atoms with Gasteiger partial charge in [-0.3, -0.25) is 4.79 Å². The van der Waals surface area contributed by atoms with Crippen molar-refractivity contribution in [2.24, 2.45) is 11.0 Å². The van der Waals surface area contributed by atoms with Gasteiger partial charge >= 0.3 is 0 Å². The van der Waals surface area contributed by atoms with E-state index >= 15 is 0 Å². The highest BCUT2D eigenvalue weighted by Gasteiger charge is 2.26. The number of fused-ring (bicyclic) bond motifs is 1. The molecule has 0 bridgehead atoms. The highest BCUT2D eigenvalue weighted by Crippen LogP contribution is 2.30. The van der Waals surface area contributed by atoms with Crippen molar-refractivity contribution in [3.05, 3.63) is 48.0 Å². The maximum Gasteiger partial charge on any atom is 0.240 e. The van der Waals surface area contributed by atoms with Crippen LogP contribution >= 0.6 is 0 Å². The summed E-state index contributed by atoms with van der Waals surface area (Å²) in [6.45, 7) is 2.06. The lowest BCUT2D eigenvalue weighted by atomic mass is 9.90. The number of rotatable bonds is 5. The summed E-state index contributed by atoms with van der Waals surface area (Å²) in [6.07, 6.45) is 4.57. The number of benzene rings is 2. The monoisotopic (exact) mass is 433 g/mol. The average Bonchev–Trinajstić information content (AvgIpc) is 3.24. The lowest BCUT2D eigenvalue weighted by molar-refractivity contribution is -0.122. The number of amides is 1. The summed E-state index contributed by atoms with van der Waals surface area (Å²) in [5.41, 5.74) is 6.69. The fourth-order valence-electron chi connectivity index (χ4n) is 4.49. The molecular formula is C25H27N3O4. The number of aromatic nitrogens is 1. The first-order valence-electron chi connectivity index (χ1n) is 11.3. The van der Waals surface area contributed by atoms with Gasteiger partial charge in [0.1, 0.15) is 17.4 Å². The Labute approximate surface area is 186 Å². The van der Waals surface area contributed by atoms with Crippen LogP contribution in [0.15, 0.2) is 52.0 Å². The molecule has 0 spiro atoms. The summed E-state index contributed by atoms with van der Waals surface area (Å²) in [6, 6.07) is 13.5. The van der Waals surface area contributed by atoms with Gasteiger partial charge in [-0.25, -0.2) is 10.4 Å². The van der Waals surface area contributed by atoms with Crippen LogP contribution in [0, 0.1) is 5.92 Å². The zero-order chi connectivity index (χ0) is 22.1. The van der Waals surface area contributed by atoms with Gasteiger partial charge < -0.3 is 14.3 Å². The summed E-state index contributed by atoms with van der Waals surface area (Å²) < 4.78 is 12.0. The van der Waals surface area contributed by atoms with Crippen LogP contribution in [0.2, 0.25) is 0 Å². The van der Waals surface area contributed by atoms with E-state index in [0.29, 0.717) is 17.9 Å². The van der Waals surface area contributed by atoms with Crippen LogP contribution in [0.1, 0.15) is 51.0 Å². The topological polar surface area (TPSA) is 97.0 Å². The Morgan fingerprint density at radius 2 is 1.91 bits per heavy atom. The fourth-order valence-corrected chi connectivity index (χ4v) is 4.49. The minimum Gasteiger partial charge on any atom is -0.488 e. The number of hydrogen-bond acceptors (Lipinski definition) is 6. The van der Waals surface area contributed by atoms with Crippen molar-refractivity contribution in [3.63, 3.8) is 0 Å². The second-order valence-electron chi connectivity index (χ2n) is 8.58. The van der Waals surface area contributed by atoms with Gasteiger partial charge in [0, 0.05) is 23.5 Å². The van der Waals surface area contributed by atoms with Crippen LogP contribution < -0.4 is 10.2 Å². The summed E-state index contributed by atoms with van der Waals surface area (Å²) in [5.74, 6) is 1.32. The molecule has 0 radical (unpaired) electrons. The summed E-state index contributed by atoms with van der Waals surface area (Å²) in [4.78, 5) is 16.3. The third-order valence-electron chi connectivity index (χ3n) is 6.35. The van der Waals surface area contributed by atoms with Crippen molar-refractivity contribution in [1.82, 2.24) is 10.4 Å². The third kappa shape index (κ3) is 4.12. The van der Waals surface area contributed by atoms with Gasteiger partial charge in [0.05, 0.1) is 11.8 Å². The Morgan fingerprint density at radius 3 is 2.69 bits per heavy atom. The van der Waals surface area contributed by atoms with Gasteiger partial charge in [0.15, 0.2) is 5.58 Å². The summed E-state index contributed by atoms with van der Waals surface area (Å²) in [7, 11) is 0. The minimum atomic E-state index is -0.399. The lowest BCUT2D eigenvalue weighted by Crippen LogP contribution is -2.34. The number of aliphatic hydroxyl groups is 1. The predicted octanol–water partition coefficient (Wildman–Crippen LogP) is 4.43. The van der Waals surface area contributed by atoms with Gasteiger partial charge in [0.25, 0.3) is 0 Å². The van der Waals surface area contributed by atoms with Crippen molar-refractivity contribution in [2.45, 2.75) is 57.7 Å². The van der Waals surface area contributed by atoms with E-state index in [1.807, 2.05) is 42.5 Å². The minimum absolute atomic E-state index is 0.0472. The van der Waals surface area contributed by atoms with Crippen molar-refractivity contribution in [2.75, 3.05) is 0 Å².